The van der Waals surface area contributed by atoms with E-state index in [0.29, 0.717) is 13.1 Å². The minimum absolute atomic E-state index is 0.210. The second-order valence-corrected chi connectivity index (χ2v) is 6.89. The summed E-state index contributed by atoms with van der Waals surface area (Å²) in [5.41, 5.74) is 0.298. The van der Waals surface area contributed by atoms with E-state index in [-0.39, 0.29) is 17.9 Å². The maximum absolute atomic E-state index is 14.1. The fraction of sp³-hybridized carbons (Fsp3) is 0.471. The predicted octanol–water partition coefficient (Wildman–Crippen LogP) is 3.32. The molecule has 0 unspecified atom stereocenters. The van der Waals surface area contributed by atoms with Crippen molar-refractivity contribution >= 4 is 17.0 Å². The van der Waals surface area contributed by atoms with Crippen molar-refractivity contribution in [2.45, 2.75) is 32.5 Å². The van der Waals surface area contributed by atoms with Gasteiger partial charge in [-0.2, -0.15) is 0 Å². The van der Waals surface area contributed by atoms with E-state index in [4.69, 9.17) is 9.47 Å². The summed E-state index contributed by atoms with van der Waals surface area (Å²) in [6.07, 6.45) is 1.30. The Balaban J connectivity index is 1.62. The van der Waals surface area contributed by atoms with Crippen LogP contribution in [-0.4, -0.2) is 40.4 Å². The zero-order valence-corrected chi connectivity index (χ0v) is 13.8. The molecule has 2 aromatic rings. The lowest BCUT2D eigenvalue weighted by atomic mass is 10.1. The maximum Gasteiger partial charge on any atom is 0.410 e. The van der Waals surface area contributed by atoms with Gasteiger partial charge in [0, 0.05) is 24.7 Å². The molecule has 0 atom stereocenters. The highest BCUT2D eigenvalue weighted by Gasteiger charge is 2.35. The standard InChI is InChI=1S/C17H21FN2O3/c1-17(2,3)23-16(21)20-9-12(10-20)22-15-7-11-5-6-19(4)14(11)8-13(15)18/h5-8,12H,9-10H2,1-4H3. The predicted molar refractivity (Wildman–Crippen MR) is 85.1 cm³/mol. The number of carbonyl (C=O) groups excluding carboxylic acids is 1. The van der Waals surface area contributed by atoms with Crippen LogP contribution in [0.5, 0.6) is 5.75 Å². The molecule has 1 aromatic heterocycles. The summed E-state index contributed by atoms with van der Waals surface area (Å²) < 4.78 is 26.9. The smallest absolute Gasteiger partial charge is 0.410 e. The molecule has 0 N–H and O–H groups in total. The summed E-state index contributed by atoms with van der Waals surface area (Å²) in [7, 11) is 1.87. The van der Waals surface area contributed by atoms with Crippen molar-refractivity contribution in [3.63, 3.8) is 0 Å². The molecular weight excluding hydrogens is 299 g/mol. The number of nitrogens with zero attached hydrogens (tertiary/aromatic N) is 2. The van der Waals surface area contributed by atoms with Crippen LogP contribution in [0.15, 0.2) is 24.4 Å². The number of likely N-dealkylation sites (tertiary alicyclic amines) is 1. The summed E-state index contributed by atoms with van der Waals surface area (Å²) >= 11 is 0. The zero-order chi connectivity index (χ0) is 16.8. The van der Waals surface area contributed by atoms with Gasteiger partial charge in [0.1, 0.15) is 11.7 Å². The molecule has 1 aromatic carbocycles. The van der Waals surface area contributed by atoms with Gasteiger partial charge in [-0.1, -0.05) is 0 Å². The molecule has 2 heterocycles. The first-order chi connectivity index (χ1) is 10.7. The first kappa shape index (κ1) is 15.6. The van der Waals surface area contributed by atoms with Gasteiger partial charge in [0.05, 0.1) is 18.6 Å². The molecule has 0 aliphatic carbocycles. The van der Waals surface area contributed by atoms with E-state index in [1.807, 2.05) is 44.6 Å². The molecule has 23 heavy (non-hydrogen) atoms. The number of benzene rings is 1. The van der Waals surface area contributed by atoms with E-state index in [0.717, 1.165) is 10.9 Å². The molecule has 1 amide bonds. The lowest BCUT2D eigenvalue weighted by molar-refractivity contribution is -0.0229. The maximum atomic E-state index is 14.1. The van der Waals surface area contributed by atoms with Gasteiger partial charge in [0.2, 0.25) is 0 Å². The Hall–Kier alpha value is -2.24. The van der Waals surface area contributed by atoms with Crippen LogP contribution in [0.3, 0.4) is 0 Å². The van der Waals surface area contributed by atoms with Crippen molar-refractivity contribution in [1.82, 2.24) is 9.47 Å². The number of ether oxygens (including phenoxy) is 2. The molecule has 5 nitrogen and oxygen atoms in total. The number of amides is 1. The zero-order valence-electron chi connectivity index (χ0n) is 13.8. The van der Waals surface area contributed by atoms with Gasteiger partial charge in [-0.3, -0.25) is 0 Å². The highest BCUT2D eigenvalue weighted by molar-refractivity contribution is 5.81. The van der Waals surface area contributed by atoms with Crippen LogP contribution in [0.1, 0.15) is 20.8 Å². The lowest BCUT2D eigenvalue weighted by Crippen LogP contribution is -2.57. The Morgan fingerprint density at radius 1 is 1.30 bits per heavy atom. The van der Waals surface area contributed by atoms with Gasteiger partial charge >= 0.3 is 6.09 Å². The van der Waals surface area contributed by atoms with E-state index in [9.17, 15) is 9.18 Å². The van der Waals surface area contributed by atoms with E-state index in [1.54, 1.807) is 11.0 Å². The first-order valence-electron chi connectivity index (χ1n) is 7.62. The lowest BCUT2D eigenvalue weighted by Gasteiger charge is -2.39. The molecule has 1 saturated heterocycles. The number of rotatable bonds is 2. The van der Waals surface area contributed by atoms with Gasteiger partial charge in [-0.25, -0.2) is 9.18 Å². The third kappa shape index (κ3) is 3.25. The third-order valence-electron chi connectivity index (χ3n) is 3.73. The number of hydrogen-bond donors (Lipinski definition) is 0. The van der Waals surface area contributed by atoms with Crippen molar-refractivity contribution in [3.8, 4) is 5.75 Å². The van der Waals surface area contributed by atoms with Crippen LogP contribution >= 0.6 is 0 Å². The summed E-state index contributed by atoms with van der Waals surface area (Å²) in [6.45, 7) is 6.28. The Kier molecular flexibility index (Phi) is 3.70. The molecule has 1 fully saturated rings. The number of hydrogen-bond acceptors (Lipinski definition) is 3. The molecule has 3 rings (SSSR count). The van der Waals surface area contributed by atoms with Crippen molar-refractivity contribution in [3.05, 3.63) is 30.2 Å². The van der Waals surface area contributed by atoms with Gasteiger partial charge < -0.3 is 18.9 Å². The molecule has 0 saturated carbocycles. The van der Waals surface area contributed by atoms with Crippen molar-refractivity contribution in [2.24, 2.45) is 7.05 Å². The second kappa shape index (κ2) is 5.44. The van der Waals surface area contributed by atoms with Crippen LogP contribution in [0, 0.1) is 5.82 Å². The number of fused-ring (bicyclic) bond motifs is 1. The monoisotopic (exact) mass is 320 g/mol. The highest BCUT2D eigenvalue weighted by atomic mass is 19.1. The van der Waals surface area contributed by atoms with Crippen LogP contribution in [0.25, 0.3) is 10.9 Å². The van der Waals surface area contributed by atoms with Gasteiger partial charge in [-0.15, -0.1) is 0 Å². The van der Waals surface area contributed by atoms with Crippen molar-refractivity contribution in [1.29, 1.82) is 0 Å². The molecule has 6 heteroatoms. The molecule has 1 aliphatic rings. The summed E-state index contributed by atoms with van der Waals surface area (Å²) in [6, 6.07) is 5.07. The fourth-order valence-electron chi connectivity index (χ4n) is 2.53. The SMILES string of the molecule is Cn1ccc2cc(OC3CN(C(=O)OC(C)(C)C)C3)c(F)cc21. The molecule has 1 aliphatic heterocycles. The molecule has 0 radical (unpaired) electrons. The van der Waals surface area contributed by atoms with Crippen molar-refractivity contribution in [2.75, 3.05) is 13.1 Å². The van der Waals surface area contributed by atoms with E-state index < -0.39 is 11.4 Å². The molecular formula is C17H21FN2O3. The van der Waals surface area contributed by atoms with E-state index in [2.05, 4.69) is 0 Å². The number of aromatic nitrogens is 1. The third-order valence-corrected chi connectivity index (χ3v) is 3.73. The average Bonchev–Trinajstić information content (AvgIpc) is 2.72. The quantitative estimate of drug-likeness (QED) is 0.852. The largest absolute Gasteiger partial charge is 0.484 e. The Labute approximate surface area is 134 Å². The summed E-state index contributed by atoms with van der Waals surface area (Å²) in [5, 5.41) is 0.923. The van der Waals surface area contributed by atoms with Gasteiger partial charge in [0.25, 0.3) is 0 Å². The minimum atomic E-state index is -0.520. The number of aryl methyl sites for hydroxylation is 1. The summed E-state index contributed by atoms with van der Waals surface area (Å²) in [4.78, 5) is 13.4. The van der Waals surface area contributed by atoms with Crippen molar-refractivity contribution < 1.29 is 18.7 Å². The second-order valence-electron chi connectivity index (χ2n) is 6.89. The Morgan fingerprint density at radius 3 is 2.65 bits per heavy atom. The average molecular weight is 320 g/mol. The Morgan fingerprint density at radius 2 is 2.00 bits per heavy atom. The number of carbonyl (C=O) groups is 1. The van der Waals surface area contributed by atoms with Crippen LogP contribution < -0.4 is 4.74 Å². The van der Waals surface area contributed by atoms with Crippen LogP contribution in [0.2, 0.25) is 0 Å². The number of halogens is 1. The normalized spacial score (nSPS) is 15.6. The van der Waals surface area contributed by atoms with Gasteiger partial charge in [-0.05, 0) is 32.9 Å². The topological polar surface area (TPSA) is 43.7 Å². The first-order valence-corrected chi connectivity index (χ1v) is 7.62. The summed E-state index contributed by atoms with van der Waals surface area (Å²) in [5.74, 6) is -0.174. The Bertz CT molecular complexity index is 742. The fourth-order valence-corrected chi connectivity index (χ4v) is 2.53. The molecule has 0 spiro atoms. The van der Waals surface area contributed by atoms with Gasteiger partial charge in [0.15, 0.2) is 11.6 Å². The highest BCUT2D eigenvalue weighted by Crippen LogP contribution is 2.28. The minimum Gasteiger partial charge on any atom is -0.484 e. The van der Waals surface area contributed by atoms with Crippen LogP contribution in [0.4, 0.5) is 9.18 Å². The molecule has 0 bridgehead atoms. The molecule has 124 valence electrons. The van der Waals surface area contributed by atoms with Crippen LogP contribution in [-0.2, 0) is 11.8 Å². The van der Waals surface area contributed by atoms with E-state index >= 15 is 0 Å². The van der Waals surface area contributed by atoms with E-state index in [1.165, 1.54) is 6.07 Å².